The Balaban J connectivity index is 2.00. The summed E-state index contributed by atoms with van der Waals surface area (Å²) in [4.78, 5) is 14.9. The predicted octanol–water partition coefficient (Wildman–Crippen LogP) is 5.40. The molecule has 1 aliphatic rings. The fraction of sp³-hybridized carbons (Fsp3) is 0.545. The molecular formula is C22H27F4N3O2. The molecule has 1 saturated carbocycles. The molecule has 0 unspecified atom stereocenters. The monoisotopic (exact) mass is 441 g/mol. The summed E-state index contributed by atoms with van der Waals surface area (Å²) in [7, 11) is 0. The van der Waals surface area contributed by atoms with E-state index < -0.39 is 23.5 Å². The van der Waals surface area contributed by atoms with Gasteiger partial charge in [-0.2, -0.15) is 13.2 Å². The van der Waals surface area contributed by atoms with Gasteiger partial charge in [0.1, 0.15) is 11.5 Å². The Morgan fingerprint density at radius 3 is 2.52 bits per heavy atom. The van der Waals surface area contributed by atoms with Gasteiger partial charge in [0.2, 0.25) is 5.76 Å². The van der Waals surface area contributed by atoms with Gasteiger partial charge < -0.3 is 9.84 Å². The SMILES string of the molecule is CCN(Cc1c(-c2ccc(C(F)(F)F)c(F)c2)noc1C(=O)NC1CCCC1)C(C)C. The molecule has 1 fully saturated rings. The van der Waals surface area contributed by atoms with E-state index >= 15 is 0 Å². The maximum Gasteiger partial charge on any atom is 0.419 e. The van der Waals surface area contributed by atoms with E-state index in [0.717, 1.165) is 37.8 Å². The second-order valence-corrected chi connectivity index (χ2v) is 8.14. The standard InChI is InChI=1S/C22H27F4N3O2/c1-4-29(13(2)3)12-16-19(14-9-10-17(18(23)11-14)22(24,25)26)28-31-20(16)21(30)27-15-7-5-6-8-15/h9-11,13,15H,4-8,12H2,1-3H3,(H,27,30). The van der Waals surface area contributed by atoms with Gasteiger partial charge in [-0.05, 0) is 45.4 Å². The number of rotatable bonds is 7. The maximum atomic E-state index is 14.2. The Bertz CT molecular complexity index is 918. The molecule has 31 heavy (non-hydrogen) atoms. The first-order valence-electron chi connectivity index (χ1n) is 10.5. The highest BCUT2D eigenvalue weighted by Crippen LogP contribution is 2.35. The molecule has 0 aliphatic heterocycles. The topological polar surface area (TPSA) is 58.4 Å². The van der Waals surface area contributed by atoms with Crippen LogP contribution in [0.15, 0.2) is 22.7 Å². The third-order valence-corrected chi connectivity index (χ3v) is 5.73. The second kappa shape index (κ2) is 9.38. The van der Waals surface area contributed by atoms with Crippen LogP contribution in [0.25, 0.3) is 11.3 Å². The lowest BCUT2D eigenvalue weighted by Crippen LogP contribution is -2.34. The number of nitrogens with zero attached hydrogens (tertiary/aromatic N) is 2. The third kappa shape index (κ3) is 5.26. The van der Waals surface area contributed by atoms with Crippen LogP contribution in [0.3, 0.4) is 0 Å². The zero-order chi connectivity index (χ0) is 22.8. The van der Waals surface area contributed by atoms with Crippen molar-refractivity contribution in [2.24, 2.45) is 0 Å². The largest absolute Gasteiger partial charge is 0.419 e. The third-order valence-electron chi connectivity index (χ3n) is 5.73. The number of benzene rings is 1. The summed E-state index contributed by atoms with van der Waals surface area (Å²) >= 11 is 0. The summed E-state index contributed by atoms with van der Waals surface area (Å²) in [6, 6.07) is 2.82. The van der Waals surface area contributed by atoms with Crippen LogP contribution in [0.2, 0.25) is 0 Å². The summed E-state index contributed by atoms with van der Waals surface area (Å²) in [5, 5.41) is 6.90. The van der Waals surface area contributed by atoms with Gasteiger partial charge in [-0.15, -0.1) is 0 Å². The summed E-state index contributed by atoms with van der Waals surface area (Å²) in [6.07, 6.45) is -0.931. The minimum Gasteiger partial charge on any atom is -0.350 e. The van der Waals surface area contributed by atoms with Crippen molar-refractivity contribution >= 4 is 5.91 Å². The van der Waals surface area contributed by atoms with Gasteiger partial charge in [-0.1, -0.05) is 31.0 Å². The quantitative estimate of drug-likeness (QED) is 0.585. The van der Waals surface area contributed by atoms with Gasteiger partial charge in [0, 0.05) is 29.8 Å². The molecule has 1 N–H and O–H groups in total. The molecule has 5 nitrogen and oxygen atoms in total. The van der Waals surface area contributed by atoms with Gasteiger partial charge in [0.05, 0.1) is 5.56 Å². The number of carbonyl (C=O) groups is 1. The molecule has 1 aromatic carbocycles. The molecule has 1 amide bonds. The minimum atomic E-state index is -4.79. The number of amides is 1. The molecule has 0 saturated heterocycles. The Morgan fingerprint density at radius 1 is 1.29 bits per heavy atom. The van der Waals surface area contributed by atoms with Crippen LogP contribution < -0.4 is 5.32 Å². The zero-order valence-corrected chi connectivity index (χ0v) is 17.9. The van der Waals surface area contributed by atoms with Gasteiger partial charge in [-0.3, -0.25) is 9.69 Å². The van der Waals surface area contributed by atoms with Crippen molar-refractivity contribution in [2.45, 2.75) is 71.3 Å². The minimum absolute atomic E-state index is 0.0151. The van der Waals surface area contributed by atoms with Crippen molar-refractivity contribution in [2.75, 3.05) is 6.54 Å². The van der Waals surface area contributed by atoms with E-state index in [1.165, 1.54) is 0 Å². The Labute approximate surface area is 178 Å². The van der Waals surface area contributed by atoms with E-state index in [2.05, 4.69) is 15.4 Å². The van der Waals surface area contributed by atoms with Crippen LogP contribution in [0.1, 0.15) is 68.1 Å². The van der Waals surface area contributed by atoms with Crippen molar-refractivity contribution in [1.29, 1.82) is 0 Å². The van der Waals surface area contributed by atoms with E-state index in [1.54, 1.807) is 0 Å². The van der Waals surface area contributed by atoms with Crippen LogP contribution in [-0.4, -0.2) is 34.6 Å². The van der Waals surface area contributed by atoms with E-state index in [4.69, 9.17) is 4.52 Å². The molecule has 170 valence electrons. The number of hydrogen-bond donors (Lipinski definition) is 1. The van der Waals surface area contributed by atoms with Crippen molar-refractivity contribution in [1.82, 2.24) is 15.4 Å². The van der Waals surface area contributed by atoms with E-state index in [9.17, 15) is 22.4 Å². The number of halogens is 4. The molecule has 0 spiro atoms. The highest BCUT2D eigenvalue weighted by molar-refractivity contribution is 5.94. The van der Waals surface area contributed by atoms with E-state index in [1.807, 2.05) is 20.8 Å². The van der Waals surface area contributed by atoms with Gasteiger partial charge in [0.25, 0.3) is 5.91 Å². The van der Waals surface area contributed by atoms with Gasteiger partial charge >= 0.3 is 6.18 Å². The molecule has 3 rings (SSSR count). The van der Waals surface area contributed by atoms with Crippen molar-refractivity contribution in [3.63, 3.8) is 0 Å². The summed E-state index contributed by atoms with van der Waals surface area (Å²) < 4.78 is 58.4. The molecule has 2 aromatic rings. The zero-order valence-electron chi connectivity index (χ0n) is 17.9. The first-order valence-corrected chi connectivity index (χ1v) is 10.5. The lowest BCUT2D eigenvalue weighted by atomic mass is 10.0. The molecule has 0 bridgehead atoms. The molecule has 0 radical (unpaired) electrons. The molecule has 1 heterocycles. The van der Waals surface area contributed by atoms with Gasteiger partial charge in [-0.25, -0.2) is 4.39 Å². The van der Waals surface area contributed by atoms with Crippen LogP contribution in [-0.2, 0) is 12.7 Å². The average molecular weight is 441 g/mol. The van der Waals surface area contributed by atoms with Crippen LogP contribution in [0, 0.1) is 5.82 Å². The first kappa shape index (κ1) is 23.2. The van der Waals surface area contributed by atoms with Crippen LogP contribution >= 0.6 is 0 Å². The second-order valence-electron chi connectivity index (χ2n) is 8.14. The Morgan fingerprint density at radius 2 is 1.97 bits per heavy atom. The lowest BCUT2D eigenvalue weighted by molar-refractivity contribution is -0.139. The summed E-state index contributed by atoms with van der Waals surface area (Å²) in [6.45, 7) is 6.92. The summed E-state index contributed by atoms with van der Waals surface area (Å²) in [5.74, 6) is -1.79. The average Bonchev–Trinajstić information content (AvgIpc) is 3.34. The van der Waals surface area contributed by atoms with Crippen molar-refractivity contribution < 1.29 is 26.9 Å². The molecule has 1 aliphatic carbocycles. The van der Waals surface area contributed by atoms with E-state index in [0.29, 0.717) is 24.7 Å². The lowest BCUT2D eigenvalue weighted by Gasteiger charge is -2.25. The van der Waals surface area contributed by atoms with Crippen molar-refractivity contribution in [3.8, 4) is 11.3 Å². The maximum absolute atomic E-state index is 14.2. The molecule has 0 atom stereocenters. The van der Waals surface area contributed by atoms with E-state index in [-0.39, 0.29) is 29.1 Å². The smallest absolute Gasteiger partial charge is 0.350 e. The van der Waals surface area contributed by atoms with Crippen LogP contribution in [0.5, 0.6) is 0 Å². The number of alkyl halides is 3. The molecule has 1 aromatic heterocycles. The number of nitrogens with one attached hydrogen (secondary N) is 1. The Kier molecular flexibility index (Phi) is 7.03. The highest BCUT2D eigenvalue weighted by atomic mass is 19.4. The molecular weight excluding hydrogens is 414 g/mol. The Hall–Kier alpha value is -2.42. The first-order chi connectivity index (χ1) is 14.6. The van der Waals surface area contributed by atoms with Crippen molar-refractivity contribution in [3.05, 3.63) is 40.9 Å². The fourth-order valence-corrected chi connectivity index (χ4v) is 3.94. The normalized spacial score (nSPS) is 15.3. The van der Waals surface area contributed by atoms with Gasteiger partial charge in [0.15, 0.2) is 0 Å². The predicted molar refractivity (Wildman–Crippen MR) is 108 cm³/mol. The van der Waals surface area contributed by atoms with Crippen LogP contribution in [0.4, 0.5) is 17.6 Å². The highest BCUT2D eigenvalue weighted by Gasteiger charge is 2.35. The summed E-state index contributed by atoms with van der Waals surface area (Å²) in [5.41, 5.74) is -0.615. The molecule has 9 heteroatoms. The number of hydrogen-bond acceptors (Lipinski definition) is 4. The fourth-order valence-electron chi connectivity index (χ4n) is 3.94. The number of aromatic nitrogens is 1. The number of carbonyl (C=O) groups excluding carboxylic acids is 1.